The molecule has 1 saturated heterocycles. The monoisotopic (exact) mass is 362 g/mol. The Morgan fingerprint density at radius 1 is 1.12 bits per heavy atom. The third-order valence-corrected chi connectivity index (χ3v) is 6.33. The van der Waals surface area contributed by atoms with E-state index in [1.54, 1.807) is 43.6 Å². The fourth-order valence-electron chi connectivity index (χ4n) is 3.03. The zero-order valence-electron chi connectivity index (χ0n) is 14.2. The first-order valence-corrected chi connectivity index (χ1v) is 9.81. The average Bonchev–Trinajstić information content (AvgIpc) is 3.15. The summed E-state index contributed by atoms with van der Waals surface area (Å²) in [5.74, 6) is 0.305. The Bertz CT molecular complexity index is 825. The van der Waals surface area contributed by atoms with Crippen LogP contribution in [0.3, 0.4) is 0 Å². The second-order valence-electron chi connectivity index (χ2n) is 6.20. The van der Waals surface area contributed by atoms with E-state index in [0.717, 1.165) is 19.3 Å². The molecule has 1 aliphatic heterocycles. The lowest BCUT2D eigenvalue weighted by molar-refractivity contribution is 0.0771. The van der Waals surface area contributed by atoms with Crippen molar-refractivity contribution in [1.82, 2.24) is 9.21 Å². The van der Waals surface area contributed by atoms with Gasteiger partial charge in [0.05, 0.1) is 23.3 Å². The molecule has 2 heterocycles. The highest BCUT2D eigenvalue weighted by molar-refractivity contribution is 7.89. The van der Waals surface area contributed by atoms with E-state index in [1.807, 2.05) is 0 Å². The van der Waals surface area contributed by atoms with Crippen LogP contribution in [0.2, 0.25) is 0 Å². The van der Waals surface area contributed by atoms with Crippen molar-refractivity contribution in [2.24, 2.45) is 0 Å². The van der Waals surface area contributed by atoms with Gasteiger partial charge in [0.2, 0.25) is 10.0 Å². The molecule has 0 N–H and O–H groups in total. The third-order valence-electron chi connectivity index (χ3n) is 4.37. The molecule has 1 aliphatic rings. The highest BCUT2D eigenvalue weighted by Gasteiger charge is 2.30. The van der Waals surface area contributed by atoms with E-state index in [-0.39, 0.29) is 22.9 Å². The van der Waals surface area contributed by atoms with Gasteiger partial charge in [0.15, 0.2) is 0 Å². The Labute approximate surface area is 148 Å². The summed E-state index contributed by atoms with van der Waals surface area (Å²) in [5, 5.41) is 0. The van der Waals surface area contributed by atoms with Gasteiger partial charge < -0.3 is 9.32 Å². The molecule has 1 amide bonds. The number of amides is 1. The number of hydrogen-bond acceptors (Lipinski definition) is 4. The van der Waals surface area contributed by atoms with Crippen LogP contribution < -0.4 is 0 Å². The maximum absolute atomic E-state index is 13.0. The van der Waals surface area contributed by atoms with Crippen LogP contribution in [0.15, 0.2) is 52.0 Å². The minimum Gasteiger partial charge on any atom is -0.467 e. The summed E-state index contributed by atoms with van der Waals surface area (Å²) in [6.45, 7) is 1.30. The van der Waals surface area contributed by atoms with Crippen molar-refractivity contribution >= 4 is 15.9 Å². The molecule has 25 heavy (non-hydrogen) atoms. The number of nitrogens with zero attached hydrogens (tertiary/aromatic N) is 2. The van der Waals surface area contributed by atoms with Crippen LogP contribution in [0.5, 0.6) is 0 Å². The van der Waals surface area contributed by atoms with Gasteiger partial charge in [-0.3, -0.25) is 4.79 Å². The Morgan fingerprint density at radius 2 is 1.84 bits per heavy atom. The van der Waals surface area contributed by atoms with E-state index in [2.05, 4.69) is 0 Å². The number of carbonyl (C=O) groups is 1. The Morgan fingerprint density at radius 3 is 2.52 bits per heavy atom. The molecule has 6 nitrogen and oxygen atoms in total. The summed E-state index contributed by atoms with van der Waals surface area (Å²) in [5.41, 5.74) is 0.196. The van der Waals surface area contributed by atoms with Gasteiger partial charge in [-0.2, -0.15) is 4.31 Å². The van der Waals surface area contributed by atoms with Crippen LogP contribution >= 0.6 is 0 Å². The average molecular weight is 362 g/mol. The lowest BCUT2D eigenvalue weighted by atomic mass is 10.2. The largest absolute Gasteiger partial charge is 0.467 e. The van der Waals surface area contributed by atoms with Crippen LogP contribution in [-0.2, 0) is 16.6 Å². The molecule has 0 unspecified atom stereocenters. The van der Waals surface area contributed by atoms with E-state index >= 15 is 0 Å². The summed E-state index contributed by atoms with van der Waals surface area (Å²) in [7, 11) is -2.04. The SMILES string of the molecule is CN(Cc1ccco1)C(=O)c1ccccc1S(=O)(=O)N1CCCCC1. The first-order chi connectivity index (χ1) is 12.0. The summed E-state index contributed by atoms with van der Waals surface area (Å²) < 4.78 is 32.7. The fraction of sp³-hybridized carbons (Fsp3) is 0.389. The van der Waals surface area contributed by atoms with Crippen molar-refractivity contribution in [3.63, 3.8) is 0 Å². The Kier molecular flexibility index (Phi) is 5.24. The van der Waals surface area contributed by atoms with E-state index in [1.165, 1.54) is 15.3 Å². The van der Waals surface area contributed by atoms with E-state index in [0.29, 0.717) is 18.8 Å². The second kappa shape index (κ2) is 7.41. The number of benzene rings is 1. The van der Waals surface area contributed by atoms with Crippen LogP contribution in [0.1, 0.15) is 35.4 Å². The smallest absolute Gasteiger partial charge is 0.255 e. The van der Waals surface area contributed by atoms with Gasteiger partial charge in [-0.1, -0.05) is 18.6 Å². The number of carbonyl (C=O) groups excluding carboxylic acids is 1. The topological polar surface area (TPSA) is 70.8 Å². The molecule has 0 bridgehead atoms. The summed E-state index contributed by atoms with van der Waals surface area (Å²) in [4.78, 5) is 14.4. The maximum atomic E-state index is 13.0. The lowest BCUT2D eigenvalue weighted by Crippen LogP contribution is -2.37. The van der Waals surface area contributed by atoms with Gasteiger partial charge in [-0.05, 0) is 37.1 Å². The molecule has 7 heteroatoms. The molecule has 0 radical (unpaired) electrons. The molecule has 0 aliphatic carbocycles. The zero-order valence-corrected chi connectivity index (χ0v) is 15.0. The highest BCUT2D eigenvalue weighted by atomic mass is 32.2. The predicted octanol–water partition coefficient (Wildman–Crippen LogP) is 2.73. The van der Waals surface area contributed by atoms with Crippen molar-refractivity contribution in [1.29, 1.82) is 0 Å². The van der Waals surface area contributed by atoms with Gasteiger partial charge in [0.25, 0.3) is 5.91 Å². The molecule has 1 fully saturated rings. The summed E-state index contributed by atoms with van der Waals surface area (Å²) in [6, 6.07) is 9.95. The number of piperidine rings is 1. The summed E-state index contributed by atoms with van der Waals surface area (Å²) in [6.07, 6.45) is 4.29. The van der Waals surface area contributed by atoms with Gasteiger partial charge in [0.1, 0.15) is 5.76 Å². The molecule has 0 atom stereocenters. The van der Waals surface area contributed by atoms with E-state index in [9.17, 15) is 13.2 Å². The predicted molar refractivity (Wildman–Crippen MR) is 93.6 cm³/mol. The maximum Gasteiger partial charge on any atom is 0.255 e. The van der Waals surface area contributed by atoms with Crippen molar-refractivity contribution in [3.8, 4) is 0 Å². The molecule has 1 aromatic heterocycles. The van der Waals surface area contributed by atoms with Crippen LogP contribution in [0.25, 0.3) is 0 Å². The third kappa shape index (κ3) is 3.77. The zero-order chi connectivity index (χ0) is 17.9. The number of sulfonamides is 1. The van der Waals surface area contributed by atoms with Crippen LogP contribution in [0, 0.1) is 0 Å². The van der Waals surface area contributed by atoms with Crippen LogP contribution in [-0.4, -0.2) is 43.7 Å². The number of furan rings is 1. The second-order valence-corrected chi connectivity index (χ2v) is 8.11. The van der Waals surface area contributed by atoms with Gasteiger partial charge in [-0.15, -0.1) is 0 Å². The normalized spacial score (nSPS) is 15.9. The van der Waals surface area contributed by atoms with E-state index in [4.69, 9.17) is 4.42 Å². The summed E-state index contributed by atoms with van der Waals surface area (Å²) >= 11 is 0. The minimum absolute atomic E-state index is 0.0770. The molecular weight excluding hydrogens is 340 g/mol. The first-order valence-electron chi connectivity index (χ1n) is 8.37. The molecule has 3 rings (SSSR count). The molecule has 2 aromatic rings. The van der Waals surface area contributed by atoms with Gasteiger partial charge in [-0.25, -0.2) is 8.42 Å². The highest BCUT2D eigenvalue weighted by Crippen LogP contribution is 2.24. The Balaban J connectivity index is 1.88. The number of hydrogen-bond donors (Lipinski definition) is 0. The molecule has 134 valence electrons. The molecule has 0 saturated carbocycles. The fourth-order valence-corrected chi connectivity index (χ4v) is 4.73. The van der Waals surface area contributed by atoms with E-state index < -0.39 is 10.0 Å². The van der Waals surface area contributed by atoms with Crippen molar-refractivity contribution < 1.29 is 17.6 Å². The molecular formula is C18H22N2O4S. The van der Waals surface area contributed by atoms with Gasteiger partial charge in [0, 0.05) is 20.1 Å². The van der Waals surface area contributed by atoms with Gasteiger partial charge >= 0.3 is 0 Å². The lowest BCUT2D eigenvalue weighted by Gasteiger charge is -2.27. The minimum atomic E-state index is -3.67. The van der Waals surface area contributed by atoms with Crippen molar-refractivity contribution in [2.75, 3.05) is 20.1 Å². The Hall–Kier alpha value is -2.12. The first kappa shape index (κ1) is 17.7. The van der Waals surface area contributed by atoms with Crippen molar-refractivity contribution in [3.05, 3.63) is 54.0 Å². The standard InChI is InChI=1S/C18H22N2O4S/c1-19(14-15-8-7-13-24-15)18(21)16-9-3-4-10-17(16)25(22,23)20-11-5-2-6-12-20/h3-4,7-10,13H,2,5-6,11-12,14H2,1H3. The van der Waals surface area contributed by atoms with Crippen LogP contribution in [0.4, 0.5) is 0 Å². The molecule has 1 aromatic carbocycles. The molecule has 0 spiro atoms. The van der Waals surface area contributed by atoms with Crippen molar-refractivity contribution in [2.45, 2.75) is 30.7 Å². The number of rotatable bonds is 5. The quantitative estimate of drug-likeness (QED) is 0.820.